The van der Waals surface area contributed by atoms with Gasteiger partial charge in [-0.2, -0.15) is 5.10 Å². The number of H-pyrrole nitrogens is 1. The largest absolute Gasteiger partial charge is 0.611 e. The van der Waals surface area contributed by atoms with Gasteiger partial charge in [-0.25, -0.2) is 4.98 Å². The molecule has 2 heterocycles. The maximum Gasteiger partial charge on any atom is 0.199 e. The average Bonchev–Trinajstić information content (AvgIpc) is 3.07. The second kappa shape index (κ2) is 6.93. The molecule has 0 spiro atoms. The van der Waals surface area contributed by atoms with Gasteiger partial charge in [-0.05, 0) is 17.6 Å². The molecule has 118 valence electrons. The highest BCUT2D eigenvalue weighted by molar-refractivity contribution is 7.91. The molecule has 5 nitrogen and oxygen atoms in total. The van der Waals surface area contributed by atoms with Crippen LogP contribution in [0.15, 0.2) is 47.6 Å². The van der Waals surface area contributed by atoms with Crippen LogP contribution in [0.4, 0.5) is 0 Å². The van der Waals surface area contributed by atoms with E-state index in [0.717, 1.165) is 12.8 Å². The van der Waals surface area contributed by atoms with Gasteiger partial charge < -0.3 is 4.55 Å². The van der Waals surface area contributed by atoms with Crippen LogP contribution in [0.2, 0.25) is 0 Å². The summed E-state index contributed by atoms with van der Waals surface area (Å²) in [5, 5.41) is 7.39. The first-order valence-electron chi connectivity index (χ1n) is 7.52. The van der Waals surface area contributed by atoms with Crippen LogP contribution in [-0.4, -0.2) is 31.3 Å². The second-order valence-electron chi connectivity index (χ2n) is 5.23. The van der Waals surface area contributed by atoms with Gasteiger partial charge in [-0.15, -0.1) is 0 Å². The highest BCUT2D eigenvalue weighted by Crippen LogP contribution is 2.27. The van der Waals surface area contributed by atoms with Crippen LogP contribution in [-0.2, 0) is 11.2 Å². The Morgan fingerprint density at radius 3 is 2.78 bits per heavy atom. The highest BCUT2D eigenvalue weighted by atomic mass is 32.2. The minimum atomic E-state index is -1.26. The Kier molecular flexibility index (Phi) is 4.73. The van der Waals surface area contributed by atoms with E-state index in [1.165, 1.54) is 6.20 Å². The first-order chi connectivity index (χ1) is 11.2. The zero-order chi connectivity index (χ0) is 16.2. The molecule has 0 fully saturated rings. The summed E-state index contributed by atoms with van der Waals surface area (Å²) in [6.45, 7) is 2.05. The Morgan fingerprint density at radius 1 is 1.26 bits per heavy atom. The summed E-state index contributed by atoms with van der Waals surface area (Å²) in [4.78, 5) is 17.6. The molecule has 3 rings (SSSR count). The molecule has 1 unspecified atom stereocenters. The van der Waals surface area contributed by atoms with Crippen molar-refractivity contribution in [2.45, 2.75) is 24.7 Å². The second-order valence-corrected chi connectivity index (χ2v) is 6.74. The van der Waals surface area contributed by atoms with Gasteiger partial charge in [-0.1, -0.05) is 43.7 Å². The van der Waals surface area contributed by atoms with Crippen molar-refractivity contribution in [1.82, 2.24) is 15.2 Å². The Bertz CT molecular complexity index is 817. The summed E-state index contributed by atoms with van der Waals surface area (Å²) in [6, 6.07) is 8.98. The van der Waals surface area contributed by atoms with Crippen molar-refractivity contribution < 1.29 is 9.35 Å². The molecule has 0 aliphatic carbocycles. The minimum absolute atomic E-state index is 0.166. The van der Waals surface area contributed by atoms with E-state index >= 15 is 0 Å². The third-order valence-electron chi connectivity index (χ3n) is 3.62. The van der Waals surface area contributed by atoms with Gasteiger partial charge in [0.15, 0.2) is 16.3 Å². The normalized spacial score (nSPS) is 12.4. The molecule has 2 aromatic heterocycles. The molecule has 6 heteroatoms. The number of rotatable bonds is 6. The third kappa shape index (κ3) is 3.13. The summed E-state index contributed by atoms with van der Waals surface area (Å²) in [5.41, 5.74) is 1.50. The maximum atomic E-state index is 12.8. The lowest BCUT2D eigenvalue weighted by atomic mass is 10.0. The number of pyridine rings is 1. The van der Waals surface area contributed by atoms with E-state index in [9.17, 15) is 9.35 Å². The molecule has 0 amide bonds. The molecular weight excluding hydrogens is 310 g/mol. The highest BCUT2D eigenvalue weighted by Gasteiger charge is 2.26. The number of carbonyl (C=O) groups is 1. The molecule has 0 saturated heterocycles. The molecular formula is C17H17N3O2S. The topological polar surface area (TPSA) is 81.7 Å². The first kappa shape index (κ1) is 15.7. The zero-order valence-electron chi connectivity index (χ0n) is 12.8. The van der Waals surface area contributed by atoms with Gasteiger partial charge in [-0.3, -0.25) is 9.89 Å². The Morgan fingerprint density at radius 2 is 2.04 bits per heavy atom. The van der Waals surface area contributed by atoms with Crippen LogP contribution < -0.4 is 0 Å². The van der Waals surface area contributed by atoms with Gasteiger partial charge in [0.1, 0.15) is 5.75 Å². The number of ketones is 1. The van der Waals surface area contributed by atoms with E-state index < -0.39 is 11.2 Å². The van der Waals surface area contributed by atoms with Crippen molar-refractivity contribution in [1.29, 1.82) is 0 Å². The summed E-state index contributed by atoms with van der Waals surface area (Å²) < 4.78 is 12.8. The van der Waals surface area contributed by atoms with Crippen molar-refractivity contribution in [3.63, 3.8) is 0 Å². The van der Waals surface area contributed by atoms with Crippen molar-refractivity contribution >= 4 is 28.0 Å². The molecule has 0 aliphatic rings. The van der Waals surface area contributed by atoms with Gasteiger partial charge in [0.2, 0.25) is 0 Å². The smallest absolute Gasteiger partial charge is 0.199 e. The van der Waals surface area contributed by atoms with Crippen LogP contribution >= 0.6 is 0 Å². The zero-order valence-corrected chi connectivity index (χ0v) is 13.6. The number of aromatic nitrogens is 3. The van der Waals surface area contributed by atoms with Crippen LogP contribution in [0.3, 0.4) is 0 Å². The van der Waals surface area contributed by atoms with E-state index in [0.29, 0.717) is 32.8 Å². The molecule has 3 aromatic rings. The third-order valence-corrected chi connectivity index (χ3v) is 5.18. The lowest BCUT2D eigenvalue weighted by Crippen LogP contribution is -2.14. The number of carbonyl (C=O) groups excluding carboxylic acids is 1. The molecule has 1 N–H and O–H groups in total. The van der Waals surface area contributed by atoms with Crippen molar-refractivity contribution in [2.24, 2.45) is 0 Å². The minimum Gasteiger partial charge on any atom is -0.611 e. The number of hydrogen-bond donors (Lipinski definition) is 1. The summed E-state index contributed by atoms with van der Waals surface area (Å²) in [6.07, 6.45) is 4.87. The maximum absolute atomic E-state index is 12.8. The van der Waals surface area contributed by atoms with E-state index in [4.69, 9.17) is 0 Å². The molecule has 0 bridgehead atoms. The standard InChI is InChI=1S/C17H17N3O2S/c1-2-3-9-23(22)16-13(10-18-17-14(16)11-19-20-17)15(21)12-7-5-4-6-8-12/h4-8,10-11H,2-3,9H2,1H3,(H,18,19,20). The summed E-state index contributed by atoms with van der Waals surface area (Å²) in [7, 11) is 0. The van der Waals surface area contributed by atoms with E-state index in [2.05, 4.69) is 15.2 Å². The van der Waals surface area contributed by atoms with Crippen LogP contribution in [0.5, 0.6) is 0 Å². The summed E-state index contributed by atoms with van der Waals surface area (Å²) in [5.74, 6) is 0.358. The fourth-order valence-corrected chi connectivity index (χ4v) is 3.95. The van der Waals surface area contributed by atoms with Gasteiger partial charge in [0.05, 0.1) is 17.1 Å². The molecule has 1 atom stereocenters. The van der Waals surface area contributed by atoms with Gasteiger partial charge >= 0.3 is 0 Å². The van der Waals surface area contributed by atoms with Crippen LogP contribution in [0, 0.1) is 0 Å². The summed E-state index contributed by atoms with van der Waals surface area (Å²) >= 11 is -1.26. The average molecular weight is 327 g/mol. The van der Waals surface area contributed by atoms with Gasteiger partial charge in [0.25, 0.3) is 0 Å². The fraction of sp³-hybridized carbons (Fsp3) is 0.235. The Labute approximate surface area is 137 Å². The number of benzene rings is 1. The molecule has 1 aromatic carbocycles. The van der Waals surface area contributed by atoms with Crippen molar-refractivity contribution in [3.8, 4) is 0 Å². The first-order valence-corrected chi connectivity index (χ1v) is 8.84. The van der Waals surface area contributed by atoms with E-state index in [-0.39, 0.29) is 5.78 Å². The Balaban J connectivity index is 2.10. The SMILES string of the molecule is CCCC[S+]([O-])c1c(C(=O)c2ccccc2)cnc2[nH]ncc12. The predicted molar refractivity (Wildman–Crippen MR) is 89.9 cm³/mol. The number of unbranched alkanes of at least 4 members (excludes halogenated alkanes) is 1. The fourth-order valence-electron chi connectivity index (χ4n) is 2.41. The van der Waals surface area contributed by atoms with Crippen LogP contribution in [0.25, 0.3) is 11.0 Å². The monoisotopic (exact) mass is 327 g/mol. The lowest BCUT2D eigenvalue weighted by Gasteiger charge is -2.14. The van der Waals surface area contributed by atoms with Crippen molar-refractivity contribution in [3.05, 3.63) is 53.9 Å². The molecule has 23 heavy (non-hydrogen) atoms. The quantitative estimate of drug-likeness (QED) is 0.557. The molecule has 0 aliphatic heterocycles. The Hall–Kier alpha value is -2.18. The van der Waals surface area contributed by atoms with Crippen molar-refractivity contribution in [2.75, 3.05) is 5.75 Å². The lowest BCUT2D eigenvalue weighted by molar-refractivity contribution is 0.103. The molecule has 0 saturated carbocycles. The number of aromatic amines is 1. The molecule has 0 radical (unpaired) electrons. The number of nitrogens with one attached hydrogen (secondary N) is 1. The number of nitrogens with zero attached hydrogens (tertiary/aromatic N) is 2. The van der Waals surface area contributed by atoms with E-state index in [1.54, 1.807) is 18.3 Å². The predicted octanol–water partition coefficient (Wildman–Crippen LogP) is 3.10. The number of hydrogen-bond acceptors (Lipinski definition) is 4. The number of fused-ring (bicyclic) bond motifs is 1. The van der Waals surface area contributed by atoms with E-state index in [1.807, 2.05) is 25.1 Å². The van der Waals surface area contributed by atoms with Gasteiger partial charge in [0, 0.05) is 11.8 Å². The van der Waals surface area contributed by atoms with Crippen LogP contribution in [0.1, 0.15) is 35.7 Å².